The Hall–Kier alpha value is -3.48. The van der Waals surface area contributed by atoms with E-state index in [1.807, 2.05) is 6.07 Å². The van der Waals surface area contributed by atoms with Gasteiger partial charge in [-0.15, -0.1) is 0 Å². The Morgan fingerprint density at radius 2 is 2.03 bits per heavy atom. The maximum atomic E-state index is 12.0. The molecule has 12 heteroatoms. The van der Waals surface area contributed by atoms with Crippen molar-refractivity contribution in [2.24, 2.45) is 0 Å². The highest BCUT2D eigenvalue weighted by atomic mass is 16.5. The Kier molecular flexibility index (Phi) is 7.40. The third-order valence-electron chi connectivity index (χ3n) is 5.45. The number of hydrogen-bond acceptors (Lipinski definition) is 7. The first-order valence-electron chi connectivity index (χ1n) is 11.2. The number of aliphatic carboxylic acids is 1. The maximum Gasteiger partial charge on any atom is 0.332 e. The monoisotopic (exact) mass is 471 g/mol. The van der Waals surface area contributed by atoms with Gasteiger partial charge in [0, 0.05) is 25.7 Å². The van der Waals surface area contributed by atoms with E-state index in [1.54, 1.807) is 6.20 Å². The van der Waals surface area contributed by atoms with Gasteiger partial charge < -0.3 is 30.6 Å². The summed E-state index contributed by atoms with van der Waals surface area (Å²) in [7, 11) is 0. The first kappa shape index (κ1) is 23.7. The van der Waals surface area contributed by atoms with Gasteiger partial charge in [-0.2, -0.15) is 5.10 Å². The van der Waals surface area contributed by atoms with Crippen LogP contribution in [0.15, 0.2) is 24.4 Å². The summed E-state index contributed by atoms with van der Waals surface area (Å²) in [4.78, 5) is 31.9. The lowest BCUT2D eigenvalue weighted by atomic mass is 10.2. The highest BCUT2D eigenvalue weighted by Gasteiger charge is 2.24. The number of benzene rings is 1. The SMILES string of the molecule is C[C@@H](O)C(=O)O.O=C(Nc1cn[nH]c1-c1nc2ccc(CN3CCOCC3)cc2[nH]1)NC1CC1. The van der Waals surface area contributed by atoms with Gasteiger partial charge in [-0.05, 0) is 37.5 Å². The number of fused-ring (bicyclic) bond motifs is 1. The Morgan fingerprint density at radius 1 is 1.29 bits per heavy atom. The molecule has 0 spiro atoms. The topological polar surface area (TPSA) is 168 Å². The number of carboxylic acids is 1. The number of ether oxygens (including phenoxy) is 1. The zero-order valence-electron chi connectivity index (χ0n) is 18.9. The summed E-state index contributed by atoms with van der Waals surface area (Å²) in [6.45, 7) is 5.59. The normalized spacial score (nSPS) is 17.0. The number of carbonyl (C=O) groups excluding carboxylic acids is 1. The Balaban J connectivity index is 0.000000408. The molecule has 6 N–H and O–H groups in total. The summed E-state index contributed by atoms with van der Waals surface area (Å²) in [5.41, 5.74) is 4.34. The second-order valence-electron chi connectivity index (χ2n) is 8.37. The number of aliphatic hydroxyl groups is 1. The molecule has 12 nitrogen and oxygen atoms in total. The molecule has 1 aromatic carbocycles. The summed E-state index contributed by atoms with van der Waals surface area (Å²) in [5, 5.41) is 28.5. The fraction of sp³-hybridized carbons (Fsp3) is 0.455. The van der Waals surface area contributed by atoms with Crippen LogP contribution >= 0.6 is 0 Å². The first-order chi connectivity index (χ1) is 16.4. The lowest BCUT2D eigenvalue weighted by molar-refractivity contribution is -0.145. The Labute approximate surface area is 195 Å². The van der Waals surface area contributed by atoms with E-state index >= 15 is 0 Å². The lowest BCUT2D eigenvalue weighted by Crippen LogP contribution is -2.35. The van der Waals surface area contributed by atoms with E-state index < -0.39 is 12.1 Å². The molecule has 1 aliphatic carbocycles. The molecule has 1 saturated carbocycles. The summed E-state index contributed by atoms with van der Waals surface area (Å²) in [5.74, 6) is -0.534. The Bertz CT molecular complexity index is 1130. The number of nitrogens with one attached hydrogen (secondary N) is 4. The summed E-state index contributed by atoms with van der Waals surface area (Å²) >= 11 is 0. The molecule has 1 aliphatic heterocycles. The number of aromatic nitrogens is 4. The standard InChI is InChI=1S/C19H23N7O2.C3H6O3/c27-19(21-13-2-3-13)24-16-10-20-25-17(16)18-22-14-4-1-12(9-15(14)23-18)11-26-5-7-28-8-6-26;1-2(4)3(5)6/h1,4,9-10,13H,2-3,5-8,11H2,(H,20,25)(H,22,23)(H2,21,24,27);2,4H,1H3,(H,5,6)/t;2-/m.1/s1. The summed E-state index contributed by atoms with van der Waals surface area (Å²) in [6.07, 6.45) is 2.45. The second kappa shape index (κ2) is 10.6. The van der Waals surface area contributed by atoms with Crippen molar-refractivity contribution >= 4 is 28.7 Å². The van der Waals surface area contributed by atoms with Gasteiger partial charge in [-0.1, -0.05) is 6.07 Å². The number of carbonyl (C=O) groups is 2. The van der Waals surface area contributed by atoms with Crippen molar-refractivity contribution in [3.8, 4) is 11.5 Å². The van der Waals surface area contributed by atoms with Crippen molar-refractivity contribution in [1.82, 2.24) is 30.4 Å². The number of H-pyrrole nitrogens is 2. The smallest absolute Gasteiger partial charge is 0.332 e. The van der Waals surface area contributed by atoms with E-state index in [-0.39, 0.29) is 6.03 Å². The molecular formula is C22H29N7O5. The number of amides is 2. The molecule has 1 saturated heterocycles. The number of carboxylic acid groups (broad SMARTS) is 1. The van der Waals surface area contributed by atoms with Gasteiger partial charge in [-0.25, -0.2) is 14.6 Å². The minimum atomic E-state index is -1.23. The van der Waals surface area contributed by atoms with E-state index in [0.29, 0.717) is 23.2 Å². The quantitative estimate of drug-likeness (QED) is 0.314. The summed E-state index contributed by atoms with van der Waals surface area (Å²) in [6, 6.07) is 6.34. The van der Waals surface area contributed by atoms with E-state index in [1.165, 1.54) is 12.5 Å². The molecule has 2 amide bonds. The third-order valence-corrected chi connectivity index (χ3v) is 5.45. The highest BCUT2D eigenvalue weighted by molar-refractivity contribution is 5.93. The van der Waals surface area contributed by atoms with Crippen LogP contribution in [0.2, 0.25) is 0 Å². The molecule has 2 aromatic heterocycles. The predicted octanol–water partition coefficient (Wildman–Crippen LogP) is 1.52. The number of anilines is 1. The van der Waals surface area contributed by atoms with Crippen LogP contribution in [-0.2, 0) is 16.1 Å². The molecule has 3 aromatic rings. The molecule has 0 radical (unpaired) electrons. The minimum Gasteiger partial charge on any atom is -0.479 e. The number of rotatable bonds is 6. The van der Waals surface area contributed by atoms with E-state index in [9.17, 15) is 9.59 Å². The second-order valence-corrected chi connectivity index (χ2v) is 8.37. The Morgan fingerprint density at radius 3 is 2.71 bits per heavy atom. The average molecular weight is 472 g/mol. The van der Waals surface area contributed by atoms with E-state index in [2.05, 4.69) is 47.8 Å². The highest BCUT2D eigenvalue weighted by Crippen LogP contribution is 2.26. The van der Waals surface area contributed by atoms with Crippen molar-refractivity contribution in [3.05, 3.63) is 30.0 Å². The molecule has 5 rings (SSSR count). The molecule has 182 valence electrons. The molecule has 1 atom stereocenters. The van der Waals surface area contributed by atoms with Crippen molar-refractivity contribution in [3.63, 3.8) is 0 Å². The fourth-order valence-corrected chi connectivity index (χ4v) is 3.42. The van der Waals surface area contributed by atoms with Gasteiger partial charge in [0.2, 0.25) is 0 Å². The van der Waals surface area contributed by atoms with Gasteiger partial charge in [0.25, 0.3) is 0 Å². The molecular weight excluding hydrogens is 442 g/mol. The molecule has 2 aliphatic rings. The zero-order chi connectivity index (χ0) is 24.1. The van der Waals surface area contributed by atoms with Crippen molar-refractivity contribution in [2.45, 2.75) is 38.5 Å². The third kappa shape index (κ3) is 6.31. The number of nitrogens with zero attached hydrogens (tertiary/aromatic N) is 3. The molecule has 0 bridgehead atoms. The van der Waals surface area contributed by atoms with Crippen LogP contribution in [0.25, 0.3) is 22.6 Å². The number of urea groups is 1. The molecule has 34 heavy (non-hydrogen) atoms. The van der Waals surface area contributed by atoms with Crippen molar-refractivity contribution < 1.29 is 24.5 Å². The van der Waals surface area contributed by atoms with Crippen LogP contribution in [0, 0.1) is 0 Å². The molecule has 3 heterocycles. The number of morpholine rings is 1. The molecule has 2 fully saturated rings. The zero-order valence-corrected chi connectivity index (χ0v) is 18.9. The van der Waals surface area contributed by atoms with Gasteiger partial charge >= 0.3 is 12.0 Å². The number of aliphatic hydroxyl groups excluding tert-OH is 1. The number of imidazole rings is 1. The van der Waals surface area contributed by atoms with Crippen molar-refractivity contribution in [1.29, 1.82) is 0 Å². The van der Waals surface area contributed by atoms with Gasteiger partial charge in [-0.3, -0.25) is 10.00 Å². The van der Waals surface area contributed by atoms with Gasteiger partial charge in [0.15, 0.2) is 5.82 Å². The fourth-order valence-electron chi connectivity index (χ4n) is 3.42. The van der Waals surface area contributed by atoms with Crippen LogP contribution in [0.5, 0.6) is 0 Å². The first-order valence-corrected chi connectivity index (χ1v) is 11.2. The maximum absolute atomic E-state index is 12.0. The van der Waals surface area contributed by atoms with Crippen LogP contribution < -0.4 is 10.6 Å². The van der Waals surface area contributed by atoms with Gasteiger partial charge in [0.1, 0.15) is 11.8 Å². The van der Waals surface area contributed by atoms with Crippen LogP contribution in [0.1, 0.15) is 25.3 Å². The number of hydrogen-bond donors (Lipinski definition) is 6. The number of aromatic amines is 2. The van der Waals surface area contributed by atoms with E-state index in [4.69, 9.17) is 14.9 Å². The minimum absolute atomic E-state index is 0.214. The van der Waals surface area contributed by atoms with Crippen LogP contribution in [0.3, 0.4) is 0 Å². The van der Waals surface area contributed by atoms with Gasteiger partial charge in [0.05, 0.1) is 36.1 Å². The average Bonchev–Trinajstić information content (AvgIpc) is 3.33. The molecule has 0 unspecified atom stereocenters. The summed E-state index contributed by atoms with van der Waals surface area (Å²) < 4.78 is 5.41. The predicted molar refractivity (Wildman–Crippen MR) is 124 cm³/mol. The largest absolute Gasteiger partial charge is 0.479 e. The van der Waals surface area contributed by atoms with Crippen LogP contribution in [-0.4, -0.2) is 85.7 Å². The van der Waals surface area contributed by atoms with Crippen molar-refractivity contribution in [2.75, 3.05) is 31.6 Å². The van der Waals surface area contributed by atoms with E-state index in [0.717, 1.165) is 56.7 Å². The lowest BCUT2D eigenvalue weighted by Gasteiger charge is -2.26. The van der Waals surface area contributed by atoms with Crippen LogP contribution in [0.4, 0.5) is 10.5 Å².